The second kappa shape index (κ2) is 5.08. The number of nitrogen functional groups attached to an aromatic ring is 1. The van der Waals surface area contributed by atoms with Crippen LogP contribution in [0.1, 0.15) is 15.9 Å². The number of hydrogen-bond acceptors (Lipinski definition) is 2. The number of hydrogen-bond donors (Lipinski definition) is 1. The van der Waals surface area contributed by atoms with Crippen molar-refractivity contribution in [2.75, 3.05) is 5.73 Å². The minimum atomic E-state index is -0.561. The second-order valence-corrected chi connectivity index (χ2v) is 4.98. The highest BCUT2D eigenvalue weighted by Gasteiger charge is 2.15. The molecule has 2 N–H and O–H groups in total. The lowest BCUT2D eigenvalue weighted by Crippen LogP contribution is -2.04. The average molecular weight is 329 g/mol. The SMILES string of the molecule is Nc1cc(C(=O)c2ccc(Cl)cc2)c(Br)cc1F. The first-order chi connectivity index (χ1) is 8.49. The van der Waals surface area contributed by atoms with E-state index in [2.05, 4.69) is 15.9 Å². The fraction of sp³-hybridized carbons (Fsp3) is 0. The van der Waals surface area contributed by atoms with Gasteiger partial charge in [-0.1, -0.05) is 11.6 Å². The number of anilines is 1. The monoisotopic (exact) mass is 327 g/mol. The van der Waals surface area contributed by atoms with Gasteiger partial charge in [-0.2, -0.15) is 0 Å². The molecule has 0 bridgehead atoms. The van der Waals surface area contributed by atoms with Crippen molar-refractivity contribution in [3.05, 3.63) is 62.8 Å². The number of ketones is 1. The number of carbonyl (C=O) groups excluding carboxylic acids is 1. The molecule has 0 atom stereocenters. The quantitative estimate of drug-likeness (QED) is 0.667. The van der Waals surface area contributed by atoms with Gasteiger partial charge in [-0.25, -0.2) is 4.39 Å². The van der Waals surface area contributed by atoms with E-state index in [-0.39, 0.29) is 11.5 Å². The minimum Gasteiger partial charge on any atom is -0.396 e. The summed E-state index contributed by atoms with van der Waals surface area (Å²) in [5, 5.41) is 0.546. The Morgan fingerprint density at radius 2 is 1.83 bits per heavy atom. The van der Waals surface area contributed by atoms with Gasteiger partial charge in [0.15, 0.2) is 5.78 Å². The fourth-order valence-corrected chi connectivity index (χ4v) is 2.12. The Kier molecular flexibility index (Phi) is 3.68. The predicted molar refractivity (Wildman–Crippen MR) is 73.4 cm³/mol. The Morgan fingerprint density at radius 1 is 1.22 bits per heavy atom. The molecule has 2 rings (SSSR count). The van der Waals surface area contributed by atoms with Gasteiger partial charge in [0, 0.05) is 20.6 Å². The van der Waals surface area contributed by atoms with Crippen LogP contribution in [0.4, 0.5) is 10.1 Å². The number of nitrogens with two attached hydrogens (primary N) is 1. The Balaban J connectivity index is 2.46. The highest BCUT2D eigenvalue weighted by Crippen LogP contribution is 2.25. The smallest absolute Gasteiger partial charge is 0.194 e. The lowest BCUT2D eigenvalue weighted by atomic mass is 10.0. The summed E-state index contributed by atoms with van der Waals surface area (Å²) in [5.74, 6) is -0.806. The summed E-state index contributed by atoms with van der Waals surface area (Å²) in [6.45, 7) is 0. The van der Waals surface area contributed by atoms with Crippen LogP contribution in [0, 0.1) is 5.82 Å². The van der Waals surface area contributed by atoms with Gasteiger partial charge in [0.2, 0.25) is 0 Å². The van der Waals surface area contributed by atoms with E-state index in [0.717, 1.165) is 0 Å². The van der Waals surface area contributed by atoms with E-state index in [1.165, 1.54) is 12.1 Å². The van der Waals surface area contributed by atoms with Crippen LogP contribution in [0.3, 0.4) is 0 Å². The first-order valence-corrected chi connectivity index (χ1v) is 6.21. The van der Waals surface area contributed by atoms with Gasteiger partial charge in [0.1, 0.15) is 5.82 Å². The molecule has 18 heavy (non-hydrogen) atoms. The van der Waals surface area contributed by atoms with Gasteiger partial charge in [0.05, 0.1) is 5.69 Å². The zero-order chi connectivity index (χ0) is 13.3. The molecule has 0 amide bonds. The molecule has 0 saturated heterocycles. The summed E-state index contributed by atoms with van der Waals surface area (Å²) in [5.41, 5.74) is 6.18. The van der Waals surface area contributed by atoms with Crippen molar-refractivity contribution in [3.63, 3.8) is 0 Å². The molecule has 2 nitrogen and oxygen atoms in total. The van der Waals surface area contributed by atoms with Crippen molar-refractivity contribution in [2.24, 2.45) is 0 Å². The molecule has 0 fully saturated rings. The first-order valence-electron chi connectivity index (χ1n) is 5.04. The molecule has 92 valence electrons. The van der Waals surface area contributed by atoms with E-state index >= 15 is 0 Å². The van der Waals surface area contributed by atoms with E-state index in [9.17, 15) is 9.18 Å². The van der Waals surface area contributed by atoms with E-state index < -0.39 is 5.82 Å². The van der Waals surface area contributed by atoms with Crippen LogP contribution in [0.5, 0.6) is 0 Å². The Bertz CT molecular complexity index is 613. The van der Waals surface area contributed by atoms with Crippen LogP contribution < -0.4 is 5.73 Å². The minimum absolute atomic E-state index is 0.0597. The highest BCUT2D eigenvalue weighted by atomic mass is 79.9. The number of benzene rings is 2. The van der Waals surface area contributed by atoms with E-state index in [0.29, 0.717) is 20.6 Å². The summed E-state index contributed by atoms with van der Waals surface area (Å²) >= 11 is 8.90. The molecule has 0 heterocycles. The fourth-order valence-electron chi connectivity index (χ4n) is 1.50. The molecule has 0 saturated carbocycles. The maximum absolute atomic E-state index is 13.2. The lowest BCUT2D eigenvalue weighted by Gasteiger charge is -2.06. The van der Waals surface area contributed by atoms with Crippen LogP contribution in [0.2, 0.25) is 5.02 Å². The molecular weight excluding hydrogens is 321 g/mol. The van der Waals surface area contributed by atoms with Gasteiger partial charge < -0.3 is 5.73 Å². The zero-order valence-electron chi connectivity index (χ0n) is 9.08. The van der Waals surface area contributed by atoms with Gasteiger partial charge in [-0.15, -0.1) is 0 Å². The van der Waals surface area contributed by atoms with Crippen LogP contribution in [-0.2, 0) is 0 Å². The highest BCUT2D eigenvalue weighted by molar-refractivity contribution is 9.10. The molecule has 0 aliphatic carbocycles. The van der Waals surface area contributed by atoms with Crippen LogP contribution >= 0.6 is 27.5 Å². The van der Waals surface area contributed by atoms with Crippen molar-refractivity contribution >= 4 is 39.0 Å². The topological polar surface area (TPSA) is 43.1 Å². The molecular formula is C13H8BrClFNO. The molecule has 0 aliphatic rings. The Morgan fingerprint density at radius 3 is 2.44 bits per heavy atom. The molecule has 2 aromatic carbocycles. The Hall–Kier alpha value is -1.39. The third kappa shape index (κ3) is 2.54. The largest absolute Gasteiger partial charge is 0.396 e. The summed E-state index contributed by atoms with van der Waals surface area (Å²) in [6, 6.07) is 8.95. The maximum atomic E-state index is 13.2. The van der Waals surface area contributed by atoms with Crippen molar-refractivity contribution < 1.29 is 9.18 Å². The number of rotatable bonds is 2. The maximum Gasteiger partial charge on any atom is 0.194 e. The zero-order valence-corrected chi connectivity index (χ0v) is 11.4. The van der Waals surface area contributed by atoms with Gasteiger partial charge in [-0.3, -0.25) is 4.79 Å². The summed E-state index contributed by atoms with van der Waals surface area (Å²) in [7, 11) is 0. The predicted octanol–water partition coefficient (Wildman–Crippen LogP) is 4.05. The van der Waals surface area contributed by atoms with Gasteiger partial charge >= 0.3 is 0 Å². The van der Waals surface area contributed by atoms with Crippen molar-refractivity contribution in [1.29, 1.82) is 0 Å². The second-order valence-electron chi connectivity index (χ2n) is 3.69. The molecule has 2 aromatic rings. The normalized spacial score (nSPS) is 10.4. The van der Waals surface area contributed by atoms with Gasteiger partial charge in [0.25, 0.3) is 0 Å². The van der Waals surface area contributed by atoms with Crippen LogP contribution in [0.15, 0.2) is 40.9 Å². The third-order valence-electron chi connectivity index (χ3n) is 2.44. The van der Waals surface area contributed by atoms with Crippen molar-refractivity contribution in [3.8, 4) is 0 Å². The summed E-state index contributed by atoms with van der Waals surface area (Å²) < 4.78 is 13.6. The molecule has 0 aliphatic heterocycles. The first kappa shape index (κ1) is 13.1. The molecule has 5 heteroatoms. The molecule has 0 unspecified atom stereocenters. The van der Waals surface area contributed by atoms with E-state index in [4.69, 9.17) is 17.3 Å². The summed E-state index contributed by atoms with van der Waals surface area (Å²) in [6.07, 6.45) is 0. The summed E-state index contributed by atoms with van der Waals surface area (Å²) in [4.78, 5) is 12.2. The number of carbonyl (C=O) groups is 1. The Labute approximate surface area is 117 Å². The van der Waals surface area contributed by atoms with E-state index in [1.54, 1.807) is 24.3 Å². The molecule has 0 radical (unpaired) electrons. The number of halogens is 3. The van der Waals surface area contributed by atoms with Gasteiger partial charge in [-0.05, 0) is 52.3 Å². The lowest BCUT2D eigenvalue weighted by molar-refractivity contribution is 0.103. The van der Waals surface area contributed by atoms with E-state index in [1.807, 2.05) is 0 Å². The standard InChI is InChI=1S/C13H8BrClFNO/c14-10-6-11(16)12(17)5-9(10)13(18)7-1-3-8(15)4-2-7/h1-6H,17H2. The van der Waals surface area contributed by atoms with Crippen LogP contribution in [0.25, 0.3) is 0 Å². The van der Waals surface area contributed by atoms with Crippen LogP contribution in [-0.4, -0.2) is 5.78 Å². The molecule has 0 aromatic heterocycles. The molecule has 0 spiro atoms. The third-order valence-corrected chi connectivity index (χ3v) is 3.35. The van der Waals surface area contributed by atoms with Crippen molar-refractivity contribution in [2.45, 2.75) is 0 Å². The van der Waals surface area contributed by atoms with Crippen molar-refractivity contribution in [1.82, 2.24) is 0 Å². The average Bonchev–Trinajstić information content (AvgIpc) is 2.34.